The van der Waals surface area contributed by atoms with E-state index in [9.17, 15) is 14.9 Å². The number of anilines is 1. The van der Waals surface area contributed by atoms with Crippen LogP contribution in [0.15, 0.2) is 18.2 Å². The number of hydrogen-bond acceptors (Lipinski definition) is 7. The van der Waals surface area contributed by atoms with Gasteiger partial charge in [0, 0.05) is 19.2 Å². The third-order valence-electron chi connectivity index (χ3n) is 4.09. The molecule has 1 aromatic rings. The van der Waals surface area contributed by atoms with Gasteiger partial charge in [-0.1, -0.05) is 0 Å². The maximum Gasteiger partial charge on any atom is 0.319 e. The van der Waals surface area contributed by atoms with Crippen LogP contribution in [-0.4, -0.2) is 49.1 Å². The number of nitro benzene ring substituents is 1. The molecule has 2 rings (SSSR count). The van der Waals surface area contributed by atoms with E-state index < -0.39 is 4.92 Å². The summed E-state index contributed by atoms with van der Waals surface area (Å²) in [7, 11) is 1.37. The van der Waals surface area contributed by atoms with Crippen molar-refractivity contribution in [3.63, 3.8) is 0 Å². The fourth-order valence-corrected chi connectivity index (χ4v) is 2.86. The number of methoxy groups -OCH3 is 1. The fraction of sp³-hybridized carbons (Fsp3) is 0.500. The fourth-order valence-electron chi connectivity index (χ4n) is 2.86. The van der Waals surface area contributed by atoms with Gasteiger partial charge in [0.2, 0.25) is 0 Å². The number of rotatable bonds is 6. The topological polar surface area (TPSA) is 108 Å². The highest BCUT2D eigenvalue weighted by molar-refractivity contribution is 5.71. The van der Waals surface area contributed by atoms with E-state index in [1.165, 1.54) is 13.2 Å². The Bertz CT molecular complexity index is 656. The van der Waals surface area contributed by atoms with Gasteiger partial charge in [0.05, 0.1) is 30.2 Å². The molecule has 128 valence electrons. The number of likely N-dealkylation sites (tertiary alicyclic amines) is 1. The summed E-state index contributed by atoms with van der Waals surface area (Å²) in [5.74, 6) is 0.0324. The Balaban J connectivity index is 1.96. The lowest BCUT2D eigenvalue weighted by molar-refractivity contribution is -0.384. The molecule has 1 aliphatic heterocycles. The van der Waals surface area contributed by atoms with E-state index in [0.717, 1.165) is 25.9 Å². The van der Waals surface area contributed by atoms with Gasteiger partial charge in [-0.3, -0.25) is 19.8 Å². The summed E-state index contributed by atoms with van der Waals surface area (Å²) in [5, 5.41) is 23.1. The third-order valence-corrected chi connectivity index (χ3v) is 4.09. The molecule has 1 aromatic carbocycles. The first-order valence-corrected chi connectivity index (χ1v) is 7.75. The highest BCUT2D eigenvalue weighted by Crippen LogP contribution is 2.26. The molecule has 8 heteroatoms. The van der Waals surface area contributed by atoms with E-state index in [4.69, 9.17) is 5.26 Å². The van der Waals surface area contributed by atoms with Crippen LogP contribution in [0, 0.1) is 27.4 Å². The van der Waals surface area contributed by atoms with Crippen LogP contribution < -0.4 is 5.32 Å². The number of nitrogens with zero attached hydrogens (tertiary/aromatic N) is 3. The van der Waals surface area contributed by atoms with Gasteiger partial charge in [0.25, 0.3) is 5.69 Å². The van der Waals surface area contributed by atoms with Crippen LogP contribution in [-0.2, 0) is 9.53 Å². The molecule has 1 heterocycles. The van der Waals surface area contributed by atoms with E-state index >= 15 is 0 Å². The normalized spacial score (nSPS) is 17.8. The van der Waals surface area contributed by atoms with Crippen LogP contribution in [0.5, 0.6) is 0 Å². The molecular weight excluding hydrogens is 312 g/mol. The summed E-state index contributed by atoms with van der Waals surface area (Å²) in [6.45, 7) is 2.43. The van der Waals surface area contributed by atoms with Gasteiger partial charge >= 0.3 is 5.97 Å². The lowest BCUT2D eigenvalue weighted by Crippen LogP contribution is -2.41. The van der Waals surface area contributed by atoms with Gasteiger partial charge in [0.15, 0.2) is 0 Å². The van der Waals surface area contributed by atoms with Gasteiger partial charge in [-0.2, -0.15) is 5.26 Å². The summed E-state index contributed by atoms with van der Waals surface area (Å²) >= 11 is 0. The lowest BCUT2D eigenvalue weighted by Gasteiger charge is -2.32. The van der Waals surface area contributed by atoms with Crippen molar-refractivity contribution in [3.05, 3.63) is 33.9 Å². The minimum Gasteiger partial charge on any atom is -0.468 e. The highest BCUT2D eigenvalue weighted by Gasteiger charge is 2.23. The number of benzene rings is 1. The first-order chi connectivity index (χ1) is 11.5. The molecule has 24 heavy (non-hydrogen) atoms. The molecular formula is C16H20N4O4. The Hall–Kier alpha value is -2.66. The Morgan fingerprint density at radius 2 is 2.38 bits per heavy atom. The zero-order valence-electron chi connectivity index (χ0n) is 13.5. The molecule has 8 nitrogen and oxygen atoms in total. The van der Waals surface area contributed by atoms with Gasteiger partial charge < -0.3 is 10.1 Å². The Kier molecular flexibility index (Phi) is 6.09. The molecule has 1 saturated heterocycles. The maximum absolute atomic E-state index is 11.4. The molecule has 0 aromatic heterocycles. The van der Waals surface area contributed by atoms with Crippen LogP contribution in [0.3, 0.4) is 0 Å². The summed E-state index contributed by atoms with van der Waals surface area (Å²) in [5.41, 5.74) is 0.564. The quantitative estimate of drug-likeness (QED) is 0.480. The van der Waals surface area contributed by atoms with Crippen LogP contribution >= 0.6 is 0 Å². The molecule has 0 amide bonds. The number of nitro groups is 1. The minimum atomic E-state index is -0.492. The van der Waals surface area contributed by atoms with Crippen LogP contribution in [0.25, 0.3) is 0 Å². The molecule has 0 radical (unpaired) electrons. The van der Waals surface area contributed by atoms with E-state index in [-0.39, 0.29) is 23.8 Å². The van der Waals surface area contributed by atoms with Crippen molar-refractivity contribution in [2.45, 2.75) is 12.8 Å². The Morgan fingerprint density at radius 1 is 1.58 bits per heavy atom. The molecule has 0 aliphatic carbocycles. The van der Waals surface area contributed by atoms with Crippen molar-refractivity contribution < 1.29 is 14.5 Å². The summed E-state index contributed by atoms with van der Waals surface area (Å²) in [6.07, 6.45) is 1.97. The number of nitrogens with one attached hydrogen (secondary N) is 1. The second-order valence-electron chi connectivity index (χ2n) is 5.80. The molecule has 1 fully saturated rings. The average Bonchev–Trinajstić information content (AvgIpc) is 2.59. The van der Waals surface area contributed by atoms with Crippen LogP contribution in [0.4, 0.5) is 11.4 Å². The molecule has 0 bridgehead atoms. The molecule has 0 unspecified atom stereocenters. The zero-order valence-corrected chi connectivity index (χ0v) is 13.5. The lowest BCUT2D eigenvalue weighted by atomic mass is 9.98. The third kappa shape index (κ3) is 4.67. The smallest absolute Gasteiger partial charge is 0.319 e. The number of hydrogen-bond donors (Lipinski definition) is 1. The number of nitriles is 1. The van der Waals surface area contributed by atoms with Crippen molar-refractivity contribution in [2.75, 3.05) is 38.6 Å². The Morgan fingerprint density at radius 3 is 3.04 bits per heavy atom. The summed E-state index contributed by atoms with van der Waals surface area (Å²) < 4.78 is 4.68. The number of ether oxygens (including phenoxy) is 1. The number of esters is 1. The maximum atomic E-state index is 11.4. The van der Waals surface area contributed by atoms with Gasteiger partial charge in [0.1, 0.15) is 5.69 Å². The van der Waals surface area contributed by atoms with Crippen molar-refractivity contribution >= 4 is 17.3 Å². The predicted octanol–water partition coefficient (Wildman–Crippen LogP) is 1.76. The van der Waals surface area contributed by atoms with E-state index in [2.05, 4.69) is 10.1 Å². The van der Waals surface area contributed by atoms with Gasteiger partial charge in [-0.15, -0.1) is 0 Å². The standard InChI is InChI=1S/C16H20N4O4/c1-24-16(21)11-19-6-2-3-13(10-19)9-18-14-5-4-12(8-17)7-15(14)20(22)23/h4-5,7,13,18H,2-3,6,9-11H2,1H3/t13-/m0/s1. The van der Waals surface area contributed by atoms with Crippen molar-refractivity contribution in [2.24, 2.45) is 5.92 Å². The summed E-state index contributed by atoms with van der Waals surface area (Å²) in [4.78, 5) is 24.1. The number of carbonyl (C=O) groups excluding carboxylic acids is 1. The first kappa shape index (κ1) is 17.7. The second-order valence-corrected chi connectivity index (χ2v) is 5.80. The van der Waals surface area contributed by atoms with E-state index in [1.54, 1.807) is 12.1 Å². The van der Waals surface area contributed by atoms with Gasteiger partial charge in [-0.25, -0.2) is 0 Å². The average molecular weight is 332 g/mol. The van der Waals surface area contributed by atoms with E-state index in [1.807, 2.05) is 11.0 Å². The number of carbonyl (C=O) groups is 1. The highest BCUT2D eigenvalue weighted by atomic mass is 16.6. The van der Waals surface area contributed by atoms with Crippen molar-refractivity contribution in [3.8, 4) is 6.07 Å². The van der Waals surface area contributed by atoms with Crippen molar-refractivity contribution in [1.29, 1.82) is 5.26 Å². The predicted molar refractivity (Wildman–Crippen MR) is 87.5 cm³/mol. The first-order valence-electron chi connectivity index (χ1n) is 7.75. The molecule has 0 saturated carbocycles. The molecule has 0 spiro atoms. The van der Waals surface area contributed by atoms with Crippen LogP contribution in [0.1, 0.15) is 18.4 Å². The molecule has 1 N–H and O–H groups in total. The Labute approximate surface area is 140 Å². The zero-order chi connectivity index (χ0) is 17.5. The van der Waals surface area contributed by atoms with Gasteiger partial charge in [-0.05, 0) is 37.4 Å². The van der Waals surface area contributed by atoms with Crippen molar-refractivity contribution in [1.82, 2.24) is 4.90 Å². The monoisotopic (exact) mass is 332 g/mol. The summed E-state index contributed by atoms with van der Waals surface area (Å²) in [6, 6.07) is 6.29. The largest absolute Gasteiger partial charge is 0.468 e. The molecule has 1 atom stereocenters. The second kappa shape index (κ2) is 8.26. The minimum absolute atomic E-state index is 0.101. The molecule has 1 aliphatic rings. The number of piperidine rings is 1. The van der Waals surface area contributed by atoms with E-state index in [0.29, 0.717) is 18.2 Å². The SMILES string of the molecule is COC(=O)CN1CCC[C@@H](CNc2ccc(C#N)cc2[N+](=O)[O-])C1. The van der Waals surface area contributed by atoms with Crippen LogP contribution in [0.2, 0.25) is 0 Å².